The molecule has 2 aromatic rings. The van der Waals surface area contributed by atoms with E-state index >= 15 is 0 Å². The van der Waals surface area contributed by atoms with Crippen molar-refractivity contribution in [3.63, 3.8) is 0 Å². The number of anilines is 1. The topological polar surface area (TPSA) is 96.2 Å². The van der Waals surface area contributed by atoms with Crippen molar-refractivity contribution in [3.8, 4) is 0 Å². The Balaban J connectivity index is 2.01. The molecule has 3 N–H and O–H groups in total. The smallest absolute Gasteiger partial charge is 0.331 e. The first-order chi connectivity index (χ1) is 9.97. The molecule has 1 atom stereocenters. The molecule has 2 rings (SSSR count). The molecule has 112 valence electrons. The Labute approximate surface area is 125 Å². The summed E-state index contributed by atoms with van der Waals surface area (Å²) in [4.78, 5) is 23.7. The number of hydrogen-bond acceptors (Lipinski definition) is 4. The number of rotatable bonds is 5. The van der Waals surface area contributed by atoms with Crippen LogP contribution in [-0.4, -0.2) is 26.9 Å². The molecule has 0 radical (unpaired) electrons. The number of carbonyl (C=O) groups is 2. The molecule has 0 spiro atoms. The lowest BCUT2D eigenvalue weighted by Gasteiger charge is -2.13. The number of carboxylic acid groups (broad SMARTS) is 1. The van der Waals surface area contributed by atoms with Gasteiger partial charge in [-0.2, -0.15) is 5.10 Å². The fraction of sp³-hybridized carbons (Fsp3) is 0.308. The maximum atomic E-state index is 11.9. The molecule has 0 aliphatic rings. The van der Waals surface area contributed by atoms with Crippen LogP contribution in [0.2, 0.25) is 0 Å². The molecule has 0 aliphatic carbocycles. The van der Waals surface area contributed by atoms with Crippen molar-refractivity contribution in [2.45, 2.75) is 25.9 Å². The van der Waals surface area contributed by atoms with Gasteiger partial charge in [0.05, 0.1) is 11.9 Å². The number of carbonyl (C=O) groups excluding carboxylic acids is 1. The van der Waals surface area contributed by atoms with E-state index < -0.39 is 18.0 Å². The van der Waals surface area contributed by atoms with Crippen molar-refractivity contribution in [2.24, 2.45) is 0 Å². The van der Waals surface area contributed by atoms with E-state index in [2.05, 4.69) is 15.7 Å². The second-order valence-electron chi connectivity index (χ2n) is 4.69. The second-order valence-corrected chi connectivity index (χ2v) is 5.67. The third-order valence-electron chi connectivity index (χ3n) is 2.74. The predicted molar refractivity (Wildman–Crippen MR) is 79.5 cm³/mol. The zero-order chi connectivity index (χ0) is 15.4. The summed E-state index contributed by atoms with van der Waals surface area (Å²) in [6.45, 7) is 3.93. The standard InChI is InChI=1S/C13H16N4O3S/c1-8(2)17-7-9(6-14-17)15-13(20)16-11(12(18)19)10-4-3-5-21-10/h3-8,11H,1-2H3,(H,18,19)(H2,15,16,20). The summed E-state index contributed by atoms with van der Waals surface area (Å²) in [7, 11) is 0. The highest BCUT2D eigenvalue weighted by Crippen LogP contribution is 2.19. The van der Waals surface area contributed by atoms with Gasteiger partial charge in [-0.25, -0.2) is 9.59 Å². The fourth-order valence-electron chi connectivity index (χ4n) is 1.69. The van der Waals surface area contributed by atoms with E-state index in [0.717, 1.165) is 0 Å². The minimum atomic E-state index is -1.11. The average Bonchev–Trinajstić information content (AvgIpc) is 3.06. The van der Waals surface area contributed by atoms with Gasteiger partial charge < -0.3 is 15.7 Å². The van der Waals surface area contributed by atoms with Crippen LogP contribution in [0.1, 0.15) is 30.8 Å². The van der Waals surface area contributed by atoms with E-state index in [1.54, 1.807) is 28.4 Å². The van der Waals surface area contributed by atoms with E-state index in [0.29, 0.717) is 10.6 Å². The summed E-state index contributed by atoms with van der Waals surface area (Å²) in [5, 5.41) is 20.0. The van der Waals surface area contributed by atoms with Gasteiger partial charge in [0.15, 0.2) is 6.04 Å². The molecule has 21 heavy (non-hydrogen) atoms. The van der Waals surface area contributed by atoms with Crippen LogP contribution in [0.3, 0.4) is 0 Å². The van der Waals surface area contributed by atoms with E-state index in [1.165, 1.54) is 17.5 Å². The van der Waals surface area contributed by atoms with E-state index in [1.807, 2.05) is 13.8 Å². The van der Waals surface area contributed by atoms with Gasteiger partial charge >= 0.3 is 12.0 Å². The van der Waals surface area contributed by atoms with Gasteiger partial charge in [0.25, 0.3) is 0 Å². The highest BCUT2D eigenvalue weighted by Gasteiger charge is 2.23. The van der Waals surface area contributed by atoms with Crippen molar-refractivity contribution in [2.75, 3.05) is 5.32 Å². The summed E-state index contributed by atoms with van der Waals surface area (Å²) in [6, 6.07) is 1.94. The number of aliphatic carboxylic acids is 1. The van der Waals surface area contributed by atoms with Gasteiger partial charge in [-0.15, -0.1) is 11.3 Å². The molecule has 0 aromatic carbocycles. The minimum Gasteiger partial charge on any atom is -0.479 e. The number of nitrogens with zero attached hydrogens (tertiary/aromatic N) is 2. The van der Waals surface area contributed by atoms with E-state index in [-0.39, 0.29) is 6.04 Å². The SMILES string of the molecule is CC(C)n1cc(NC(=O)NC(C(=O)O)c2cccs2)cn1. The fourth-order valence-corrected chi connectivity index (χ4v) is 2.46. The first kappa shape index (κ1) is 15.0. The number of amides is 2. The Morgan fingerprint density at radius 3 is 2.71 bits per heavy atom. The van der Waals surface area contributed by atoms with Crippen LogP contribution in [0.4, 0.5) is 10.5 Å². The number of urea groups is 1. The van der Waals surface area contributed by atoms with E-state index in [9.17, 15) is 14.7 Å². The molecule has 0 saturated carbocycles. The Hall–Kier alpha value is -2.35. The summed E-state index contributed by atoms with van der Waals surface area (Å²) in [5.41, 5.74) is 0.511. The summed E-state index contributed by atoms with van der Waals surface area (Å²) >= 11 is 1.28. The third kappa shape index (κ3) is 3.82. The lowest BCUT2D eigenvalue weighted by atomic mass is 10.2. The molecule has 1 unspecified atom stereocenters. The largest absolute Gasteiger partial charge is 0.479 e. The zero-order valence-corrected chi connectivity index (χ0v) is 12.4. The molecule has 0 fully saturated rings. The number of thiophene rings is 1. The number of aromatic nitrogens is 2. The van der Waals surface area contributed by atoms with Gasteiger partial charge in [-0.3, -0.25) is 4.68 Å². The lowest BCUT2D eigenvalue weighted by Crippen LogP contribution is -2.36. The summed E-state index contributed by atoms with van der Waals surface area (Å²) < 4.78 is 1.70. The number of hydrogen-bond donors (Lipinski definition) is 3. The van der Waals surface area contributed by atoms with Crippen molar-refractivity contribution in [1.82, 2.24) is 15.1 Å². The molecule has 7 nitrogen and oxygen atoms in total. The quantitative estimate of drug-likeness (QED) is 0.790. The van der Waals surface area contributed by atoms with Gasteiger partial charge in [0, 0.05) is 17.1 Å². The molecule has 2 aromatic heterocycles. The third-order valence-corrected chi connectivity index (χ3v) is 3.68. The van der Waals surface area contributed by atoms with Crippen molar-refractivity contribution >= 4 is 29.0 Å². The molecule has 0 aliphatic heterocycles. The van der Waals surface area contributed by atoms with Crippen LogP contribution in [0.5, 0.6) is 0 Å². The predicted octanol–water partition coefficient (Wildman–Crippen LogP) is 2.47. The minimum absolute atomic E-state index is 0.182. The van der Waals surface area contributed by atoms with E-state index in [4.69, 9.17) is 0 Å². The van der Waals surface area contributed by atoms with Crippen molar-refractivity contribution in [1.29, 1.82) is 0 Å². The molecular formula is C13H16N4O3S. The Kier molecular flexibility index (Phi) is 4.59. The molecule has 8 heteroatoms. The van der Waals surface area contributed by atoms with Crippen LogP contribution in [0, 0.1) is 0 Å². The van der Waals surface area contributed by atoms with Gasteiger partial charge in [-0.1, -0.05) is 6.07 Å². The van der Waals surface area contributed by atoms with Gasteiger partial charge in [0.1, 0.15) is 0 Å². The number of carboxylic acids is 1. The summed E-state index contributed by atoms with van der Waals surface area (Å²) in [5.74, 6) is -1.11. The lowest BCUT2D eigenvalue weighted by molar-refractivity contribution is -0.139. The maximum absolute atomic E-state index is 11.9. The maximum Gasteiger partial charge on any atom is 0.331 e. The highest BCUT2D eigenvalue weighted by atomic mass is 32.1. The molecule has 2 amide bonds. The van der Waals surface area contributed by atoms with Crippen LogP contribution < -0.4 is 10.6 Å². The average molecular weight is 308 g/mol. The molecule has 2 heterocycles. The highest BCUT2D eigenvalue weighted by molar-refractivity contribution is 7.10. The first-order valence-corrected chi connectivity index (χ1v) is 7.23. The van der Waals surface area contributed by atoms with Crippen LogP contribution in [0.15, 0.2) is 29.9 Å². The van der Waals surface area contributed by atoms with Crippen LogP contribution in [0.25, 0.3) is 0 Å². The Bertz CT molecular complexity index is 621. The Morgan fingerprint density at radius 1 is 1.43 bits per heavy atom. The molecular weight excluding hydrogens is 292 g/mol. The van der Waals surface area contributed by atoms with Gasteiger partial charge in [0.2, 0.25) is 0 Å². The van der Waals surface area contributed by atoms with Gasteiger partial charge in [-0.05, 0) is 25.3 Å². The zero-order valence-electron chi connectivity index (χ0n) is 11.6. The van der Waals surface area contributed by atoms with Crippen molar-refractivity contribution in [3.05, 3.63) is 34.8 Å². The van der Waals surface area contributed by atoms with Crippen LogP contribution in [-0.2, 0) is 4.79 Å². The first-order valence-electron chi connectivity index (χ1n) is 6.35. The van der Waals surface area contributed by atoms with Crippen molar-refractivity contribution < 1.29 is 14.7 Å². The monoisotopic (exact) mass is 308 g/mol. The normalized spacial score (nSPS) is 12.1. The summed E-state index contributed by atoms with van der Waals surface area (Å²) in [6.07, 6.45) is 3.20. The molecule has 0 saturated heterocycles. The number of nitrogens with one attached hydrogen (secondary N) is 2. The van der Waals surface area contributed by atoms with Crippen LogP contribution >= 0.6 is 11.3 Å². The second kappa shape index (κ2) is 6.40. The Morgan fingerprint density at radius 2 is 2.19 bits per heavy atom. The molecule has 0 bridgehead atoms.